The van der Waals surface area contributed by atoms with Crippen molar-refractivity contribution in [3.8, 4) is 22.6 Å². The van der Waals surface area contributed by atoms with Gasteiger partial charge in [-0.15, -0.1) is 0 Å². The molecular formula is C20H20O4. The Morgan fingerprint density at radius 2 is 1.25 bits per heavy atom. The molecule has 0 aliphatic heterocycles. The van der Waals surface area contributed by atoms with Crippen molar-refractivity contribution in [2.24, 2.45) is 5.92 Å². The monoisotopic (exact) mass is 324 g/mol. The highest BCUT2D eigenvalue weighted by atomic mass is 16.5. The molecule has 0 bridgehead atoms. The highest BCUT2D eigenvalue weighted by Crippen LogP contribution is 2.25. The minimum absolute atomic E-state index is 0.167. The lowest BCUT2D eigenvalue weighted by Gasteiger charge is -2.08. The SMILES string of the molecule is C=C(C)C(=O)Oc1ccc(-c2ccc(OC(=O)C(C)C)cc2)cc1. The highest BCUT2D eigenvalue weighted by Gasteiger charge is 2.10. The molecule has 0 aliphatic carbocycles. The van der Waals surface area contributed by atoms with Crippen LogP contribution in [0.25, 0.3) is 11.1 Å². The predicted molar refractivity (Wildman–Crippen MR) is 92.8 cm³/mol. The summed E-state index contributed by atoms with van der Waals surface area (Å²) in [6, 6.07) is 14.4. The van der Waals surface area contributed by atoms with Gasteiger partial charge in [-0.1, -0.05) is 44.7 Å². The van der Waals surface area contributed by atoms with Gasteiger partial charge in [0.2, 0.25) is 0 Å². The molecule has 0 unspecified atom stereocenters. The summed E-state index contributed by atoms with van der Waals surface area (Å²) in [6.07, 6.45) is 0. The molecular weight excluding hydrogens is 304 g/mol. The van der Waals surface area contributed by atoms with Gasteiger partial charge in [0.1, 0.15) is 11.5 Å². The quantitative estimate of drug-likeness (QED) is 0.465. The summed E-state index contributed by atoms with van der Waals surface area (Å²) in [5.74, 6) is 0.114. The van der Waals surface area contributed by atoms with Gasteiger partial charge in [-0.25, -0.2) is 4.79 Å². The van der Waals surface area contributed by atoms with Gasteiger partial charge in [-0.2, -0.15) is 0 Å². The molecule has 0 saturated heterocycles. The lowest BCUT2D eigenvalue weighted by molar-refractivity contribution is -0.137. The van der Waals surface area contributed by atoms with Crippen LogP contribution in [-0.4, -0.2) is 11.9 Å². The minimum Gasteiger partial charge on any atom is -0.426 e. The Morgan fingerprint density at radius 1 is 0.833 bits per heavy atom. The number of ether oxygens (including phenoxy) is 2. The Kier molecular flexibility index (Phi) is 5.53. The van der Waals surface area contributed by atoms with E-state index in [9.17, 15) is 9.59 Å². The Hall–Kier alpha value is -2.88. The number of carbonyl (C=O) groups excluding carboxylic acids is 2. The van der Waals surface area contributed by atoms with Crippen LogP contribution in [0.2, 0.25) is 0 Å². The van der Waals surface area contributed by atoms with Crippen molar-refractivity contribution in [1.29, 1.82) is 0 Å². The van der Waals surface area contributed by atoms with Crippen LogP contribution in [0.5, 0.6) is 11.5 Å². The van der Waals surface area contributed by atoms with E-state index in [1.165, 1.54) is 0 Å². The molecule has 0 aromatic heterocycles. The summed E-state index contributed by atoms with van der Waals surface area (Å²) in [5, 5.41) is 0. The van der Waals surface area contributed by atoms with Crippen molar-refractivity contribution in [1.82, 2.24) is 0 Å². The maximum absolute atomic E-state index is 11.6. The lowest BCUT2D eigenvalue weighted by atomic mass is 10.1. The molecule has 2 aromatic carbocycles. The maximum Gasteiger partial charge on any atom is 0.338 e. The van der Waals surface area contributed by atoms with Crippen LogP contribution >= 0.6 is 0 Å². The topological polar surface area (TPSA) is 52.6 Å². The first-order chi connectivity index (χ1) is 11.4. The summed E-state index contributed by atoms with van der Waals surface area (Å²) in [5.41, 5.74) is 2.29. The molecule has 0 N–H and O–H groups in total. The van der Waals surface area contributed by atoms with E-state index in [0.29, 0.717) is 17.1 Å². The summed E-state index contributed by atoms with van der Waals surface area (Å²) >= 11 is 0. The van der Waals surface area contributed by atoms with E-state index in [4.69, 9.17) is 9.47 Å². The summed E-state index contributed by atoms with van der Waals surface area (Å²) in [6.45, 7) is 8.73. The molecule has 0 saturated carbocycles. The molecule has 124 valence electrons. The van der Waals surface area contributed by atoms with E-state index >= 15 is 0 Å². The molecule has 0 heterocycles. The van der Waals surface area contributed by atoms with Crippen LogP contribution in [0.1, 0.15) is 20.8 Å². The lowest BCUT2D eigenvalue weighted by Crippen LogP contribution is -2.14. The zero-order valence-electron chi connectivity index (χ0n) is 14.0. The normalized spacial score (nSPS) is 10.3. The number of esters is 2. The molecule has 4 heteroatoms. The van der Waals surface area contributed by atoms with Crippen LogP contribution in [0.15, 0.2) is 60.7 Å². The average Bonchev–Trinajstić information content (AvgIpc) is 2.56. The van der Waals surface area contributed by atoms with Crippen molar-refractivity contribution < 1.29 is 19.1 Å². The minimum atomic E-state index is -0.445. The maximum atomic E-state index is 11.6. The third kappa shape index (κ3) is 4.56. The van der Waals surface area contributed by atoms with Gasteiger partial charge in [0.25, 0.3) is 0 Å². The number of hydrogen-bond donors (Lipinski definition) is 0. The fourth-order valence-electron chi connectivity index (χ4n) is 1.86. The third-order valence-electron chi connectivity index (χ3n) is 3.29. The Balaban J connectivity index is 2.08. The molecule has 0 aliphatic rings. The van der Waals surface area contributed by atoms with E-state index in [0.717, 1.165) is 11.1 Å². The smallest absolute Gasteiger partial charge is 0.338 e. The standard InChI is InChI=1S/C20H20O4/c1-13(2)19(21)23-17-9-5-15(6-10-17)16-7-11-18(12-8-16)24-20(22)14(3)4/h5-12,14H,1H2,2-4H3. The molecule has 0 amide bonds. The van der Waals surface area contributed by atoms with Gasteiger partial charge >= 0.3 is 11.9 Å². The zero-order chi connectivity index (χ0) is 17.7. The summed E-state index contributed by atoms with van der Waals surface area (Å²) < 4.78 is 10.4. The second kappa shape index (κ2) is 7.59. The highest BCUT2D eigenvalue weighted by molar-refractivity contribution is 5.88. The van der Waals surface area contributed by atoms with E-state index in [1.807, 2.05) is 24.3 Å². The average molecular weight is 324 g/mol. The molecule has 2 rings (SSSR count). The van der Waals surface area contributed by atoms with Crippen LogP contribution < -0.4 is 9.47 Å². The number of carbonyl (C=O) groups is 2. The van der Waals surface area contributed by atoms with E-state index < -0.39 is 5.97 Å². The third-order valence-corrected chi connectivity index (χ3v) is 3.29. The first-order valence-corrected chi connectivity index (χ1v) is 7.66. The Morgan fingerprint density at radius 3 is 1.62 bits per heavy atom. The molecule has 0 spiro atoms. The number of benzene rings is 2. The first-order valence-electron chi connectivity index (χ1n) is 7.66. The van der Waals surface area contributed by atoms with Crippen molar-refractivity contribution in [3.63, 3.8) is 0 Å². The van der Waals surface area contributed by atoms with Crippen LogP contribution in [-0.2, 0) is 9.59 Å². The summed E-state index contributed by atoms with van der Waals surface area (Å²) in [4.78, 5) is 23.0. The number of hydrogen-bond acceptors (Lipinski definition) is 4. The molecule has 0 fully saturated rings. The second-order valence-corrected chi connectivity index (χ2v) is 5.79. The fourth-order valence-corrected chi connectivity index (χ4v) is 1.86. The number of rotatable bonds is 5. The van der Waals surface area contributed by atoms with Crippen LogP contribution in [0.3, 0.4) is 0 Å². The van der Waals surface area contributed by atoms with E-state index in [1.54, 1.807) is 45.0 Å². The molecule has 4 nitrogen and oxygen atoms in total. The van der Waals surface area contributed by atoms with Gasteiger partial charge in [0, 0.05) is 5.57 Å². The van der Waals surface area contributed by atoms with Crippen LogP contribution in [0, 0.1) is 5.92 Å². The van der Waals surface area contributed by atoms with Crippen LogP contribution in [0.4, 0.5) is 0 Å². The van der Waals surface area contributed by atoms with Gasteiger partial charge in [0.15, 0.2) is 0 Å². The Bertz CT molecular complexity index is 740. The molecule has 24 heavy (non-hydrogen) atoms. The van der Waals surface area contributed by atoms with E-state index in [-0.39, 0.29) is 11.9 Å². The zero-order valence-corrected chi connectivity index (χ0v) is 14.0. The largest absolute Gasteiger partial charge is 0.426 e. The second-order valence-electron chi connectivity index (χ2n) is 5.79. The van der Waals surface area contributed by atoms with Gasteiger partial charge < -0.3 is 9.47 Å². The summed E-state index contributed by atoms with van der Waals surface area (Å²) in [7, 11) is 0. The first kappa shape index (κ1) is 17.5. The molecule has 2 aromatic rings. The molecule has 0 radical (unpaired) electrons. The van der Waals surface area contributed by atoms with Gasteiger partial charge in [-0.3, -0.25) is 4.79 Å². The van der Waals surface area contributed by atoms with Crippen molar-refractivity contribution in [2.45, 2.75) is 20.8 Å². The van der Waals surface area contributed by atoms with Gasteiger partial charge in [-0.05, 0) is 42.3 Å². The predicted octanol–water partition coefficient (Wildman–Crippen LogP) is 4.40. The van der Waals surface area contributed by atoms with Crippen molar-refractivity contribution in [2.75, 3.05) is 0 Å². The van der Waals surface area contributed by atoms with Crippen molar-refractivity contribution >= 4 is 11.9 Å². The fraction of sp³-hybridized carbons (Fsp3) is 0.200. The van der Waals surface area contributed by atoms with Gasteiger partial charge in [0.05, 0.1) is 5.92 Å². The Labute approximate surface area is 141 Å². The van der Waals surface area contributed by atoms with Crippen molar-refractivity contribution in [3.05, 3.63) is 60.7 Å². The molecule has 0 atom stereocenters. The van der Waals surface area contributed by atoms with E-state index in [2.05, 4.69) is 6.58 Å².